The van der Waals surface area contributed by atoms with Crippen molar-refractivity contribution in [3.63, 3.8) is 0 Å². The summed E-state index contributed by atoms with van der Waals surface area (Å²) in [5, 5.41) is 3.23. The summed E-state index contributed by atoms with van der Waals surface area (Å²) in [6.07, 6.45) is 2.17. The van der Waals surface area contributed by atoms with Gasteiger partial charge in [0.25, 0.3) is 5.91 Å². The zero-order valence-corrected chi connectivity index (χ0v) is 15.2. The van der Waals surface area contributed by atoms with Gasteiger partial charge in [0.15, 0.2) is 0 Å². The monoisotopic (exact) mass is 363 g/mol. The maximum absolute atomic E-state index is 13.7. The summed E-state index contributed by atoms with van der Waals surface area (Å²) >= 11 is 0. The highest BCUT2D eigenvalue weighted by molar-refractivity contribution is 6.05. The molecule has 0 aliphatic heterocycles. The van der Waals surface area contributed by atoms with Gasteiger partial charge in [-0.3, -0.25) is 9.78 Å². The Morgan fingerprint density at radius 3 is 2.56 bits per heavy atom. The normalized spacial score (nSPS) is 10.4. The number of hydrogen-bond donors (Lipinski definition) is 1. The Balaban J connectivity index is 1.67. The van der Waals surface area contributed by atoms with Gasteiger partial charge in [0, 0.05) is 30.7 Å². The minimum absolute atomic E-state index is 0.151. The first-order chi connectivity index (χ1) is 13.2. The maximum atomic E-state index is 13.7. The number of para-hydroxylation sites is 1. The molecule has 0 aliphatic carbocycles. The molecular weight excluding hydrogens is 341 g/mol. The van der Waals surface area contributed by atoms with E-state index in [0.717, 1.165) is 11.4 Å². The number of hydrogen-bond acceptors (Lipinski definition) is 3. The van der Waals surface area contributed by atoms with Crippen LogP contribution in [0, 0.1) is 5.82 Å². The molecule has 1 aromatic heterocycles. The molecule has 27 heavy (non-hydrogen) atoms. The van der Waals surface area contributed by atoms with Gasteiger partial charge in [-0.1, -0.05) is 36.4 Å². The van der Waals surface area contributed by atoms with Gasteiger partial charge in [0.2, 0.25) is 0 Å². The van der Waals surface area contributed by atoms with E-state index in [2.05, 4.69) is 10.3 Å². The highest BCUT2D eigenvalue weighted by Crippen LogP contribution is 2.17. The van der Waals surface area contributed by atoms with Crippen molar-refractivity contribution >= 4 is 17.3 Å². The van der Waals surface area contributed by atoms with Crippen LogP contribution in [0.3, 0.4) is 0 Å². The summed E-state index contributed by atoms with van der Waals surface area (Å²) in [6, 6.07) is 19.8. The summed E-state index contributed by atoms with van der Waals surface area (Å²) in [4.78, 5) is 18.8. The van der Waals surface area contributed by atoms with E-state index < -0.39 is 0 Å². The topological polar surface area (TPSA) is 45.2 Å². The highest BCUT2D eigenvalue weighted by Gasteiger charge is 2.17. The van der Waals surface area contributed by atoms with Crippen LogP contribution in [0.25, 0.3) is 0 Å². The maximum Gasteiger partial charge on any atom is 0.276 e. The Morgan fingerprint density at radius 2 is 1.81 bits per heavy atom. The van der Waals surface area contributed by atoms with Crippen LogP contribution in [0.15, 0.2) is 72.9 Å². The molecule has 5 heteroatoms. The number of carbonyl (C=O) groups excluding carboxylic acids is 1. The first-order valence-electron chi connectivity index (χ1n) is 8.99. The van der Waals surface area contributed by atoms with Crippen LogP contribution in [0.1, 0.15) is 23.0 Å². The molecule has 0 aliphatic rings. The molecule has 0 spiro atoms. The summed E-state index contributed by atoms with van der Waals surface area (Å²) < 4.78 is 13.7. The number of pyridine rings is 1. The molecule has 0 saturated heterocycles. The fourth-order valence-electron chi connectivity index (χ4n) is 2.89. The molecule has 0 bridgehead atoms. The Kier molecular flexibility index (Phi) is 6.15. The number of amides is 1. The molecule has 0 saturated carbocycles. The first kappa shape index (κ1) is 18.6. The molecule has 0 fully saturated rings. The van der Waals surface area contributed by atoms with Gasteiger partial charge in [-0.05, 0) is 49.2 Å². The van der Waals surface area contributed by atoms with E-state index in [0.29, 0.717) is 30.8 Å². The van der Waals surface area contributed by atoms with Gasteiger partial charge in [0.1, 0.15) is 11.5 Å². The fraction of sp³-hybridized carbons (Fsp3) is 0.182. The van der Waals surface area contributed by atoms with Crippen molar-refractivity contribution in [2.24, 2.45) is 0 Å². The second-order valence-corrected chi connectivity index (χ2v) is 6.08. The van der Waals surface area contributed by atoms with E-state index in [-0.39, 0.29) is 11.7 Å². The van der Waals surface area contributed by atoms with Crippen molar-refractivity contribution in [3.05, 3.63) is 90.0 Å². The van der Waals surface area contributed by atoms with Gasteiger partial charge in [-0.25, -0.2) is 4.39 Å². The summed E-state index contributed by atoms with van der Waals surface area (Å²) in [5.74, 6) is -0.354. The number of nitrogens with zero attached hydrogens (tertiary/aromatic N) is 2. The third-order valence-corrected chi connectivity index (χ3v) is 4.29. The van der Waals surface area contributed by atoms with Crippen LogP contribution in [-0.4, -0.2) is 24.0 Å². The van der Waals surface area contributed by atoms with E-state index in [4.69, 9.17) is 0 Å². The van der Waals surface area contributed by atoms with Gasteiger partial charge in [-0.2, -0.15) is 0 Å². The lowest BCUT2D eigenvalue weighted by molar-refractivity contribution is 0.0983. The molecule has 1 heterocycles. The minimum Gasteiger partial charge on any atom is -0.385 e. The molecule has 0 atom stereocenters. The Labute approximate surface area is 158 Å². The Bertz CT molecular complexity index is 899. The molecule has 2 aromatic carbocycles. The Morgan fingerprint density at radius 1 is 1.07 bits per heavy atom. The lowest BCUT2D eigenvalue weighted by Crippen LogP contribution is -2.31. The highest BCUT2D eigenvalue weighted by atomic mass is 19.1. The third-order valence-electron chi connectivity index (χ3n) is 4.29. The van der Waals surface area contributed by atoms with Gasteiger partial charge < -0.3 is 10.2 Å². The molecule has 3 rings (SSSR count). The van der Waals surface area contributed by atoms with Crippen LogP contribution >= 0.6 is 0 Å². The van der Waals surface area contributed by atoms with Crippen LogP contribution in [0.5, 0.6) is 0 Å². The van der Waals surface area contributed by atoms with Gasteiger partial charge in [0.05, 0.1) is 0 Å². The zero-order valence-electron chi connectivity index (χ0n) is 15.2. The first-order valence-corrected chi connectivity index (χ1v) is 8.99. The average Bonchev–Trinajstić information content (AvgIpc) is 2.71. The summed E-state index contributed by atoms with van der Waals surface area (Å²) in [7, 11) is 0. The number of carbonyl (C=O) groups is 1. The number of anilines is 2. The molecule has 4 nitrogen and oxygen atoms in total. The molecular formula is C22H22FN3O. The molecule has 0 unspecified atom stereocenters. The lowest BCUT2D eigenvalue weighted by atomic mass is 10.1. The van der Waals surface area contributed by atoms with Gasteiger partial charge in [-0.15, -0.1) is 0 Å². The van der Waals surface area contributed by atoms with Crippen LogP contribution in [-0.2, 0) is 6.42 Å². The molecule has 0 radical (unpaired) electrons. The molecule has 1 N–H and O–H groups in total. The average molecular weight is 363 g/mol. The van der Waals surface area contributed by atoms with Crippen LogP contribution in [0.4, 0.5) is 15.8 Å². The fourth-order valence-corrected chi connectivity index (χ4v) is 2.89. The second-order valence-electron chi connectivity index (χ2n) is 6.08. The predicted octanol–water partition coefficient (Wildman–Crippen LogP) is 4.54. The van der Waals surface area contributed by atoms with E-state index in [1.807, 2.05) is 43.3 Å². The Hall–Kier alpha value is -3.21. The van der Waals surface area contributed by atoms with Crippen LogP contribution < -0.4 is 10.2 Å². The van der Waals surface area contributed by atoms with Crippen molar-refractivity contribution in [2.45, 2.75) is 13.3 Å². The number of halogens is 1. The van der Waals surface area contributed by atoms with Gasteiger partial charge >= 0.3 is 0 Å². The summed E-state index contributed by atoms with van der Waals surface area (Å²) in [5.41, 5.74) is 2.66. The van der Waals surface area contributed by atoms with Crippen molar-refractivity contribution in [2.75, 3.05) is 23.3 Å². The standard InChI is InChI=1S/C22H22FN3O/c1-2-26(19-9-4-3-5-10-19)22(27)21-16-18(13-15-25-21)24-14-12-17-8-6-7-11-20(17)23/h3-11,13,15-16H,2,12,14H2,1H3,(H,24,25). The number of aromatic nitrogens is 1. The van der Waals surface area contributed by atoms with E-state index in [9.17, 15) is 9.18 Å². The van der Waals surface area contributed by atoms with Crippen LogP contribution in [0.2, 0.25) is 0 Å². The predicted molar refractivity (Wildman–Crippen MR) is 107 cm³/mol. The second kappa shape index (κ2) is 8.94. The lowest BCUT2D eigenvalue weighted by Gasteiger charge is -2.20. The van der Waals surface area contributed by atoms with E-state index in [1.54, 1.807) is 35.4 Å². The quantitative estimate of drug-likeness (QED) is 0.670. The third kappa shape index (κ3) is 4.70. The SMILES string of the molecule is CCN(C(=O)c1cc(NCCc2ccccc2F)ccn1)c1ccccc1. The van der Waals surface area contributed by atoms with Crippen molar-refractivity contribution in [1.29, 1.82) is 0 Å². The van der Waals surface area contributed by atoms with E-state index in [1.165, 1.54) is 6.07 Å². The van der Waals surface area contributed by atoms with E-state index >= 15 is 0 Å². The zero-order chi connectivity index (χ0) is 19.1. The molecule has 3 aromatic rings. The van der Waals surface area contributed by atoms with Crippen molar-refractivity contribution < 1.29 is 9.18 Å². The summed E-state index contributed by atoms with van der Waals surface area (Å²) in [6.45, 7) is 3.05. The molecule has 1 amide bonds. The minimum atomic E-state index is -0.202. The van der Waals surface area contributed by atoms with Crippen molar-refractivity contribution in [1.82, 2.24) is 4.98 Å². The largest absolute Gasteiger partial charge is 0.385 e. The number of benzene rings is 2. The van der Waals surface area contributed by atoms with Crippen molar-refractivity contribution in [3.8, 4) is 0 Å². The smallest absolute Gasteiger partial charge is 0.276 e. The number of rotatable bonds is 7. The number of nitrogens with one attached hydrogen (secondary N) is 1. The molecule has 138 valence electrons.